The zero-order valence-corrected chi connectivity index (χ0v) is 11.1. The average molecular weight is 290 g/mol. The van der Waals surface area contributed by atoms with Crippen molar-refractivity contribution in [2.45, 2.75) is 19.8 Å². The lowest BCUT2D eigenvalue weighted by Gasteiger charge is -2.00. The summed E-state index contributed by atoms with van der Waals surface area (Å²) >= 11 is 3.29. The van der Waals surface area contributed by atoms with Crippen LogP contribution in [0.4, 0.5) is 0 Å². The van der Waals surface area contributed by atoms with Crippen LogP contribution in [0.25, 0.3) is 0 Å². The van der Waals surface area contributed by atoms with Gasteiger partial charge in [0.05, 0.1) is 12.8 Å². The Morgan fingerprint density at radius 1 is 1.38 bits per heavy atom. The largest absolute Gasteiger partial charge is 0.466 e. The molecule has 5 heteroatoms. The van der Waals surface area contributed by atoms with Gasteiger partial charge in [0.1, 0.15) is 0 Å². The number of aliphatic imine (C=N–C) groups is 1. The van der Waals surface area contributed by atoms with Crippen LogP contribution >= 0.6 is 15.9 Å². The first-order chi connectivity index (χ1) is 7.65. The number of methoxy groups -OCH3 is 1. The van der Waals surface area contributed by atoms with Gasteiger partial charge in [-0.15, -0.1) is 0 Å². The van der Waals surface area contributed by atoms with Crippen molar-refractivity contribution in [2.75, 3.05) is 19.0 Å². The third kappa shape index (κ3) is 6.50. The first-order valence-corrected chi connectivity index (χ1v) is 6.17. The Bertz CT molecular complexity index is 298. The molecule has 0 unspecified atom stereocenters. The molecule has 0 saturated carbocycles. The highest BCUT2D eigenvalue weighted by atomic mass is 79.9. The fraction of sp³-hybridized carbons (Fsp3) is 0.545. The Morgan fingerprint density at radius 2 is 2.06 bits per heavy atom. The van der Waals surface area contributed by atoms with E-state index in [4.69, 9.17) is 0 Å². The number of esters is 1. The molecule has 0 fully saturated rings. The number of hydrogen-bond acceptors (Lipinski definition) is 4. The minimum absolute atomic E-state index is 0.229. The molecule has 90 valence electrons. The van der Waals surface area contributed by atoms with E-state index >= 15 is 0 Å². The smallest absolute Gasteiger partial charge is 0.330 e. The molecule has 0 spiro atoms. The van der Waals surface area contributed by atoms with Crippen molar-refractivity contribution in [1.82, 2.24) is 0 Å². The lowest BCUT2D eigenvalue weighted by Crippen LogP contribution is -2.13. The quantitative estimate of drug-likeness (QED) is 0.311. The lowest BCUT2D eigenvalue weighted by atomic mass is 10.1. The summed E-state index contributed by atoms with van der Waals surface area (Å²) in [6.45, 7) is 2.43. The van der Waals surface area contributed by atoms with Gasteiger partial charge in [0.2, 0.25) is 0 Å². The monoisotopic (exact) mass is 289 g/mol. The van der Waals surface area contributed by atoms with E-state index in [2.05, 4.69) is 25.7 Å². The molecule has 0 aromatic carbocycles. The maximum atomic E-state index is 11.6. The number of ether oxygens (including phenoxy) is 1. The Balaban J connectivity index is 4.44. The summed E-state index contributed by atoms with van der Waals surface area (Å²) in [4.78, 5) is 26.5. The minimum Gasteiger partial charge on any atom is -0.466 e. The van der Waals surface area contributed by atoms with Gasteiger partial charge in [-0.1, -0.05) is 15.9 Å². The first-order valence-electron chi connectivity index (χ1n) is 5.05. The molecule has 0 amide bonds. The van der Waals surface area contributed by atoms with Crippen molar-refractivity contribution in [3.63, 3.8) is 0 Å². The van der Waals surface area contributed by atoms with Gasteiger partial charge >= 0.3 is 5.97 Å². The maximum Gasteiger partial charge on any atom is 0.330 e. The fourth-order valence-electron chi connectivity index (χ4n) is 1.01. The molecule has 0 bridgehead atoms. The second kappa shape index (κ2) is 9.27. The highest BCUT2D eigenvalue weighted by Crippen LogP contribution is 2.00. The molecule has 0 aliphatic heterocycles. The molecule has 4 nitrogen and oxygen atoms in total. The zero-order chi connectivity index (χ0) is 12.4. The Hall–Kier alpha value is -0.970. The van der Waals surface area contributed by atoms with Crippen molar-refractivity contribution < 1.29 is 14.3 Å². The molecule has 16 heavy (non-hydrogen) atoms. The highest BCUT2D eigenvalue weighted by molar-refractivity contribution is 9.09. The summed E-state index contributed by atoms with van der Waals surface area (Å²) in [5, 5.41) is 0.823. The van der Waals surface area contributed by atoms with E-state index in [0.717, 1.165) is 17.8 Å². The molecular formula is C11H16BrNO3. The van der Waals surface area contributed by atoms with E-state index in [-0.39, 0.29) is 5.78 Å². The number of halogens is 1. The van der Waals surface area contributed by atoms with Gasteiger partial charge in [0, 0.05) is 18.0 Å². The Morgan fingerprint density at radius 3 is 2.56 bits per heavy atom. The average Bonchev–Trinajstić information content (AvgIpc) is 2.30. The Kier molecular flexibility index (Phi) is 8.71. The number of allylic oxidation sites excluding steroid dienone is 1. The lowest BCUT2D eigenvalue weighted by molar-refractivity contribution is -0.135. The number of carbonyl (C=O) groups excluding carboxylic acids is 2. The summed E-state index contributed by atoms with van der Waals surface area (Å²) in [6.07, 6.45) is 3.77. The van der Waals surface area contributed by atoms with Crippen LogP contribution in [0.5, 0.6) is 0 Å². The van der Waals surface area contributed by atoms with Gasteiger partial charge in [-0.3, -0.25) is 9.79 Å². The number of carbonyl (C=O) groups is 2. The predicted molar refractivity (Wildman–Crippen MR) is 67.2 cm³/mol. The van der Waals surface area contributed by atoms with E-state index in [9.17, 15) is 9.59 Å². The first kappa shape index (κ1) is 15.0. The third-order valence-corrected chi connectivity index (χ3v) is 2.31. The summed E-state index contributed by atoms with van der Waals surface area (Å²) < 4.78 is 4.40. The highest BCUT2D eigenvalue weighted by Gasteiger charge is 2.07. The topological polar surface area (TPSA) is 55.7 Å². The number of rotatable bonds is 7. The maximum absolute atomic E-state index is 11.6. The molecule has 0 N–H and O–H groups in total. The van der Waals surface area contributed by atoms with Crippen molar-refractivity contribution in [1.29, 1.82) is 0 Å². The van der Waals surface area contributed by atoms with Gasteiger partial charge in [-0.25, -0.2) is 4.79 Å². The van der Waals surface area contributed by atoms with Crippen LogP contribution in [0.3, 0.4) is 0 Å². The molecule has 0 saturated heterocycles. The molecule has 0 heterocycles. The molecule has 0 aliphatic carbocycles. The van der Waals surface area contributed by atoms with Gasteiger partial charge in [0.25, 0.3) is 0 Å². The minimum atomic E-state index is -0.537. The third-order valence-electron chi connectivity index (χ3n) is 1.75. The summed E-state index contributed by atoms with van der Waals surface area (Å²) in [5.74, 6) is -0.766. The predicted octanol–water partition coefficient (Wildman–Crippen LogP) is 1.92. The summed E-state index contributed by atoms with van der Waals surface area (Å²) in [7, 11) is 1.27. The molecule has 0 atom stereocenters. The zero-order valence-electron chi connectivity index (χ0n) is 9.53. The van der Waals surface area contributed by atoms with Crippen LogP contribution in [0, 0.1) is 0 Å². The van der Waals surface area contributed by atoms with Crippen LogP contribution in [0.15, 0.2) is 17.1 Å². The van der Waals surface area contributed by atoms with Gasteiger partial charge < -0.3 is 4.74 Å². The molecule has 0 aliphatic rings. The Labute approximate surface area is 104 Å². The number of alkyl halides is 1. The van der Waals surface area contributed by atoms with Gasteiger partial charge in [-0.05, 0) is 25.8 Å². The standard InChI is InChI=1S/C11H16BrNO3/c1-3-13-9(5-4-8-12)10(14)6-7-11(15)16-2/h6-7H,3-5,8H2,1-2H3/b7-6+,13-9?. The second-order valence-corrected chi connectivity index (χ2v) is 3.73. The second-order valence-electron chi connectivity index (χ2n) is 2.93. The van der Waals surface area contributed by atoms with E-state index < -0.39 is 5.97 Å². The van der Waals surface area contributed by atoms with Crippen LogP contribution in [0.1, 0.15) is 19.8 Å². The van der Waals surface area contributed by atoms with Crippen molar-refractivity contribution >= 4 is 33.4 Å². The molecule has 0 aromatic rings. The van der Waals surface area contributed by atoms with Crippen LogP contribution < -0.4 is 0 Å². The van der Waals surface area contributed by atoms with Crippen molar-refractivity contribution in [3.8, 4) is 0 Å². The van der Waals surface area contributed by atoms with Crippen LogP contribution in [-0.2, 0) is 14.3 Å². The molecule has 0 aromatic heterocycles. The van der Waals surface area contributed by atoms with Crippen LogP contribution in [-0.4, -0.2) is 36.4 Å². The fourth-order valence-corrected chi connectivity index (χ4v) is 1.29. The number of ketones is 1. The summed E-state index contributed by atoms with van der Waals surface area (Å²) in [5.41, 5.74) is 0.502. The van der Waals surface area contributed by atoms with E-state index in [1.54, 1.807) is 0 Å². The number of nitrogens with zero attached hydrogens (tertiary/aromatic N) is 1. The van der Waals surface area contributed by atoms with Gasteiger partial charge in [0.15, 0.2) is 5.78 Å². The van der Waals surface area contributed by atoms with Gasteiger partial charge in [-0.2, -0.15) is 0 Å². The van der Waals surface area contributed by atoms with Crippen molar-refractivity contribution in [2.24, 2.45) is 4.99 Å². The molecule has 0 rings (SSSR count). The van der Waals surface area contributed by atoms with Crippen LogP contribution in [0.2, 0.25) is 0 Å². The number of hydrogen-bond donors (Lipinski definition) is 0. The van der Waals surface area contributed by atoms with Crippen molar-refractivity contribution in [3.05, 3.63) is 12.2 Å². The van der Waals surface area contributed by atoms with E-state index in [1.807, 2.05) is 6.92 Å². The molecule has 0 radical (unpaired) electrons. The summed E-state index contributed by atoms with van der Waals surface area (Å²) in [6, 6.07) is 0. The SMILES string of the molecule is CCN=C(CCCBr)C(=O)/C=C/C(=O)OC. The van der Waals surface area contributed by atoms with E-state index in [1.165, 1.54) is 13.2 Å². The normalized spacial score (nSPS) is 11.8. The van der Waals surface area contributed by atoms with E-state index in [0.29, 0.717) is 18.7 Å². The molecular weight excluding hydrogens is 274 g/mol.